The van der Waals surface area contributed by atoms with Crippen molar-refractivity contribution >= 4 is 5.78 Å². The van der Waals surface area contributed by atoms with E-state index in [4.69, 9.17) is 4.74 Å². The Bertz CT molecular complexity index is 650. The van der Waals surface area contributed by atoms with E-state index in [1.807, 2.05) is 0 Å². The summed E-state index contributed by atoms with van der Waals surface area (Å²) >= 11 is 0. The number of aliphatic hydroxyl groups is 1. The van der Waals surface area contributed by atoms with Crippen LogP contribution in [-0.2, 0) is 5.79 Å². The summed E-state index contributed by atoms with van der Waals surface area (Å²) in [6, 6.07) is 13.0. The van der Waals surface area contributed by atoms with Gasteiger partial charge in [0, 0.05) is 0 Å². The van der Waals surface area contributed by atoms with Gasteiger partial charge >= 0.3 is 0 Å². The number of benzene rings is 2. The maximum Gasteiger partial charge on any atom is 0.245 e. The van der Waals surface area contributed by atoms with Crippen LogP contribution in [0.2, 0.25) is 0 Å². The summed E-state index contributed by atoms with van der Waals surface area (Å²) in [5, 5.41) is 20.3. The van der Waals surface area contributed by atoms with E-state index in [1.54, 1.807) is 36.4 Å². The Morgan fingerprint density at radius 3 is 2.53 bits per heavy atom. The van der Waals surface area contributed by atoms with Gasteiger partial charge in [0.25, 0.3) is 0 Å². The fourth-order valence-corrected chi connectivity index (χ4v) is 2.27. The molecule has 0 aromatic heterocycles. The quantitative estimate of drug-likeness (QED) is 0.820. The molecule has 0 radical (unpaired) electrons. The molecule has 4 heteroatoms. The maximum atomic E-state index is 12.1. The fourth-order valence-electron chi connectivity index (χ4n) is 2.27. The molecule has 0 saturated heterocycles. The number of para-hydroxylation sites is 2. The summed E-state index contributed by atoms with van der Waals surface area (Å²) in [5.74, 6) is -1.81. The number of fused-ring (bicyclic) bond motifs is 1. The van der Waals surface area contributed by atoms with E-state index < -0.39 is 5.79 Å². The van der Waals surface area contributed by atoms with Crippen LogP contribution < -0.4 is 4.74 Å². The van der Waals surface area contributed by atoms with E-state index in [0.29, 0.717) is 11.3 Å². The van der Waals surface area contributed by atoms with Gasteiger partial charge in [-0.05, 0) is 24.3 Å². The zero-order valence-electron chi connectivity index (χ0n) is 10.0. The molecule has 1 unspecified atom stereocenters. The molecule has 1 atom stereocenters. The number of hydrogen-bond acceptors (Lipinski definition) is 4. The van der Waals surface area contributed by atoms with E-state index in [1.165, 1.54) is 12.1 Å². The third kappa shape index (κ3) is 1.86. The normalized spacial score (nSPS) is 21.6. The van der Waals surface area contributed by atoms with Crippen LogP contribution >= 0.6 is 0 Å². The summed E-state index contributed by atoms with van der Waals surface area (Å²) in [4.78, 5) is 12.1. The third-order valence-corrected chi connectivity index (χ3v) is 3.19. The van der Waals surface area contributed by atoms with Crippen molar-refractivity contribution in [3.8, 4) is 11.5 Å². The predicted molar refractivity (Wildman–Crippen MR) is 68.0 cm³/mol. The lowest BCUT2D eigenvalue weighted by Gasteiger charge is -2.33. The number of rotatable bonds is 1. The molecule has 1 aliphatic rings. The minimum Gasteiger partial charge on any atom is -0.507 e. The molecule has 3 rings (SSSR count). The van der Waals surface area contributed by atoms with Crippen LogP contribution in [0.25, 0.3) is 0 Å². The van der Waals surface area contributed by atoms with Gasteiger partial charge in [-0.25, -0.2) is 0 Å². The molecular formula is C15H12O4. The second kappa shape index (κ2) is 4.10. The molecule has 0 spiro atoms. The standard InChI is InChI=1S/C15H12O4/c16-12-7-3-2-6-11(12)15(18)9-13(17)10-5-1-4-8-14(10)19-15/h1-8,16,18H,9H2. The SMILES string of the molecule is O=C1CC(O)(c2ccccc2O)Oc2ccccc21. The topological polar surface area (TPSA) is 66.8 Å². The summed E-state index contributed by atoms with van der Waals surface area (Å²) in [7, 11) is 0. The largest absolute Gasteiger partial charge is 0.507 e. The lowest BCUT2D eigenvalue weighted by atomic mass is 9.93. The Balaban J connectivity index is 2.09. The second-order valence-corrected chi connectivity index (χ2v) is 4.50. The highest BCUT2D eigenvalue weighted by Crippen LogP contribution is 2.40. The molecule has 1 aliphatic heterocycles. The highest BCUT2D eigenvalue weighted by molar-refractivity contribution is 6.00. The van der Waals surface area contributed by atoms with Gasteiger partial charge in [-0.3, -0.25) is 4.79 Å². The van der Waals surface area contributed by atoms with E-state index in [2.05, 4.69) is 0 Å². The number of ether oxygens (including phenoxy) is 1. The zero-order chi connectivity index (χ0) is 13.5. The van der Waals surface area contributed by atoms with Gasteiger partial charge in [-0.1, -0.05) is 24.3 Å². The van der Waals surface area contributed by atoms with Gasteiger partial charge in [0.15, 0.2) is 5.78 Å². The first kappa shape index (κ1) is 11.7. The van der Waals surface area contributed by atoms with Crippen molar-refractivity contribution < 1.29 is 19.7 Å². The number of aromatic hydroxyl groups is 1. The molecule has 0 fully saturated rings. The summed E-state index contributed by atoms with van der Waals surface area (Å²) in [6.07, 6.45) is -0.221. The number of carbonyl (C=O) groups is 1. The first-order chi connectivity index (χ1) is 9.10. The smallest absolute Gasteiger partial charge is 0.245 e. The Hall–Kier alpha value is -2.33. The average molecular weight is 256 g/mol. The predicted octanol–water partition coefficient (Wildman–Crippen LogP) is 2.20. The number of Topliss-reactive ketones (excluding diaryl/α,β-unsaturated/α-hetero) is 1. The highest BCUT2D eigenvalue weighted by Gasteiger charge is 2.41. The maximum absolute atomic E-state index is 12.1. The third-order valence-electron chi connectivity index (χ3n) is 3.19. The van der Waals surface area contributed by atoms with Crippen molar-refractivity contribution in [3.63, 3.8) is 0 Å². The molecule has 0 amide bonds. The van der Waals surface area contributed by atoms with Gasteiger partial charge in [-0.15, -0.1) is 0 Å². The Morgan fingerprint density at radius 1 is 1.05 bits per heavy atom. The molecule has 0 saturated carbocycles. The molecule has 96 valence electrons. The summed E-state index contributed by atoms with van der Waals surface area (Å²) in [5.41, 5.74) is 0.639. The number of ketones is 1. The van der Waals surface area contributed by atoms with Crippen LogP contribution in [0.4, 0.5) is 0 Å². The molecule has 1 heterocycles. The Labute approximate surface area is 109 Å². The fraction of sp³-hybridized carbons (Fsp3) is 0.133. The number of hydrogen-bond donors (Lipinski definition) is 2. The van der Waals surface area contributed by atoms with Crippen LogP contribution in [-0.4, -0.2) is 16.0 Å². The van der Waals surface area contributed by atoms with Crippen molar-refractivity contribution in [2.75, 3.05) is 0 Å². The van der Waals surface area contributed by atoms with Crippen molar-refractivity contribution in [1.82, 2.24) is 0 Å². The minimum absolute atomic E-state index is 0.0998. The van der Waals surface area contributed by atoms with Gasteiger partial charge in [0.2, 0.25) is 5.79 Å². The Morgan fingerprint density at radius 2 is 1.74 bits per heavy atom. The number of phenols is 1. The monoisotopic (exact) mass is 256 g/mol. The lowest BCUT2D eigenvalue weighted by molar-refractivity contribution is -0.148. The first-order valence-corrected chi connectivity index (χ1v) is 5.92. The lowest BCUT2D eigenvalue weighted by Crippen LogP contribution is -2.39. The minimum atomic E-state index is -1.82. The first-order valence-electron chi connectivity index (χ1n) is 5.92. The van der Waals surface area contributed by atoms with E-state index in [9.17, 15) is 15.0 Å². The van der Waals surface area contributed by atoms with Crippen molar-refractivity contribution in [1.29, 1.82) is 0 Å². The molecule has 19 heavy (non-hydrogen) atoms. The van der Waals surface area contributed by atoms with Crippen molar-refractivity contribution in [2.45, 2.75) is 12.2 Å². The van der Waals surface area contributed by atoms with Gasteiger partial charge in [-0.2, -0.15) is 0 Å². The van der Waals surface area contributed by atoms with Gasteiger partial charge in [0.05, 0.1) is 17.5 Å². The van der Waals surface area contributed by atoms with E-state index >= 15 is 0 Å². The van der Waals surface area contributed by atoms with E-state index in [-0.39, 0.29) is 23.5 Å². The van der Waals surface area contributed by atoms with Crippen LogP contribution in [0.15, 0.2) is 48.5 Å². The van der Waals surface area contributed by atoms with Crippen LogP contribution in [0.1, 0.15) is 22.3 Å². The molecule has 2 aromatic rings. The molecule has 2 aromatic carbocycles. The summed E-state index contributed by atoms with van der Waals surface area (Å²) < 4.78 is 5.53. The number of phenolic OH excluding ortho intramolecular Hbond substituents is 1. The molecule has 2 N–H and O–H groups in total. The number of carbonyl (C=O) groups excluding carboxylic acids is 1. The van der Waals surface area contributed by atoms with Crippen LogP contribution in [0.5, 0.6) is 11.5 Å². The highest BCUT2D eigenvalue weighted by atomic mass is 16.6. The molecule has 0 bridgehead atoms. The molecular weight excluding hydrogens is 244 g/mol. The van der Waals surface area contributed by atoms with E-state index in [0.717, 1.165) is 0 Å². The molecule has 0 aliphatic carbocycles. The van der Waals surface area contributed by atoms with Crippen LogP contribution in [0, 0.1) is 0 Å². The van der Waals surface area contributed by atoms with Crippen LogP contribution in [0.3, 0.4) is 0 Å². The second-order valence-electron chi connectivity index (χ2n) is 4.50. The van der Waals surface area contributed by atoms with Crippen molar-refractivity contribution in [2.24, 2.45) is 0 Å². The van der Waals surface area contributed by atoms with Gasteiger partial charge < -0.3 is 14.9 Å². The van der Waals surface area contributed by atoms with Gasteiger partial charge in [0.1, 0.15) is 11.5 Å². The Kier molecular flexibility index (Phi) is 2.54. The zero-order valence-corrected chi connectivity index (χ0v) is 10.0. The average Bonchev–Trinajstić information content (AvgIpc) is 2.39. The molecule has 4 nitrogen and oxygen atoms in total. The van der Waals surface area contributed by atoms with Crippen molar-refractivity contribution in [3.05, 3.63) is 59.7 Å². The summed E-state index contributed by atoms with van der Waals surface area (Å²) in [6.45, 7) is 0.